The van der Waals surface area contributed by atoms with Gasteiger partial charge in [-0.2, -0.15) is 5.26 Å². The van der Waals surface area contributed by atoms with Gasteiger partial charge in [0.2, 0.25) is 5.91 Å². The van der Waals surface area contributed by atoms with Crippen molar-refractivity contribution in [2.45, 2.75) is 51.4 Å². The maximum atomic E-state index is 13.5. The Labute approximate surface area is 225 Å². The number of benzene rings is 1. The van der Waals surface area contributed by atoms with E-state index in [1.54, 1.807) is 35.9 Å². The Balaban J connectivity index is 0.00000115. The van der Waals surface area contributed by atoms with Crippen molar-refractivity contribution in [1.82, 2.24) is 14.7 Å². The van der Waals surface area contributed by atoms with Gasteiger partial charge in [0.15, 0.2) is 0 Å². The van der Waals surface area contributed by atoms with Gasteiger partial charge in [-0.15, -0.1) is 11.8 Å². The van der Waals surface area contributed by atoms with E-state index in [4.69, 9.17) is 11.1 Å². The van der Waals surface area contributed by atoms with E-state index in [9.17, 15) is 14.4 Å². The van der Waals surface area contributed by atoms with Crippen molar-refractivity contribution in [2.75, 3.05) is 32.6 Å². The van der Waals surface area contributed by atoms with Crippen LogP contribution in [0.2, 0.25) is 0 Å². The van der Waals surface area contributed by atoms with Crippen molar-refractivity contribution in [3.05, 3.63) is 65.5 Å². The molecule has 3 aliphatic rings. The van der Waals surface area contributed by atoms with Gasteiger partial charge in [-0.25, -0.2) is 4.39 Å². The highest BCUT2D eigenvalue weighted by molar-refractivity contribution is 8.08. The minimum Gasteiger partial charge on any atom is -0.367 e. The van der Waals surface area contributed by atoms with Crippen LogP contribution in [0.5, 0.6) is 0 Å². The lowest BCUT2D eigenvalue weighted by Gasteiger charge is -2.56. The first kappa shape index (κ1) is 30.1. The Morgan fingerprint density at radius 2 is 2.08 bits per heavy atom. The quantitative estimate of drug-likeness (QED) is 0.430. The van der Waals surface area contributed by atoms with Crippen LogP contribution in [0.1, 0.15) is 45.2 Å². The monoisotopic (exact) mass is 526 g/mol. The van der Waals surface area contributed by atoms with Gasteiger partial charge >= 0.3 is 0 Å². The number of likely N-dealkylation sites (N-methyl/N-ethyl adjacent to an activating group) is 1. The van der Waals surface area contributed by atoms with Crippen molar-refractivity contribution in [2.24, 2.45) is 5.73 Å². The van der Waals surface area contributed by atoms with E-state index in [1.165, 1.54) is 13.0 Å². The van der Waals surface area contributed by atoms with Crippen LogP contribution < -0.4 is 5.73 Å². The average Bonchev–Trinajstić information content (AvgIpc) is 3.23. The highest BCUT2D eigenvalue weighted by Crippen LogP contribution is 2.49. The van der Waals surface area contributed by atoms with Crippen LogP contribution in [0.3, 0.4) is 0 Å². The van der Waals surface area contributed by atoms with Gasteiger partial charge in [-0.05, 0) is 49.9 Å². The molecule has 4 rings (SSSR count). The number of carbonyl (C=O) groups is 1. The molecule has 37 heavy (non-hydrogen) atoms. The van der Waals surface area contributed by atoms with Crippen molar-refractivity contribution < 1.29 is 9.18 Å². The molecule has 3 unspecified atom stereocenters. The summed E-state index contributed by atoms with van der Waals surface area (Å²) >= 11 is 1.67. The third-order valence-corrected chi connectivity index (χ3v) is 7.97. The van der Waals surface area contributed by atoms with Gasteiger partial charge in [0.25, 0.3) is 0 Å². The molecular weight excluding hydrogens is 487 g/mol. The summed E-state index contributed by atoms with van der Waals surface area (Å²) in [6.07, 6.45) is 7.22. The molecule has 0 aliphatic carbocycles. The van der Waals surface area contributed by atoms with Crippen LogP contribution in [-0.2, 0) is 4.79 Å². The maximum Gasteiger partial charge on any atom is 0.248 e. The fraction of sp³-hybridized carbons (Fsp3) is 0.464. The van der Waals surface area contributed by atoms with E-state index in [0.717, 1.165) is 22.6 Å². The number of nitrogens with zero attached hydrogens (tertiary/aromatic N) is 4. The summed E-state index contributed by atoms with van der Waals surface area (Å²) in [4.78, 5) is 20.4. The number of rotatable bonds is 5. The molecule has 0 bridgehead atoms. The number of hydrogen-bond donors (Lipinski definition) is 2. The second-order valence-electron chi connectivity index (χ2n) is 9.02. The Morgan fingerprint density at radius 3 is 2.70 bits per heavy atom. The fourth-order valence-corrected chi connectivity index (χ4v) is 6.37. The summed E-state index contributed by atoms with van der Waals surface area (Å²) < 4.78 is 13.5. The largest absolute Gasteiger partial charge is 0.367 e. The van der Waals surface area contributed by atoms with E-state index in [2.05, 4.69) is 34.9 Å². The Hall–Kier alpha value is -3.09. The Bertz CT molecular complexity index is 1100. The molecular formula is C28H39FN6OS. The van der Waals surface area contributed by atoms with Crippen LogP contribution in [0.25, 0.3) is 4.91 Å². The first-order valence-electron chi connectivity index (χ1n) is 12.5. The number of carbonyl (C=O) groups excluding carboxylic acids is 1. The lowest BCUT2D eigenvalue weighted by Crippen LogP contribution is -2.79. The second-order valence-corrected chi connectivity index (χ2v) is 10.0. The third-order valence-electron chi connectivity index (χ3n) is 6.69. The molecule has 200 valence electrons. The molecule has 1 amide bonds. The first-order chi connectivity index (χ1) is 17.7. The number of allylic oxidation sites excluding steroid dienone is 3. The summed E-state index contributed by atoms with van der Waals surface area (Å²) in [6, 6.07) is 9.76. The number of amides is 1. The number of nitrogens with two attached hydrogens (primary N) is 1. The summed E-state index contributed by atoms with van der Waals surface area (Å²) in [6.45, 7) is 11.4. The summed E-state index contributed by atoms with van der Waals surface area (Å²) in [5.74, 6) is 0.578. The van der Waals surface area contributed by atoms with Gasteiger partial charge in [-0.3, -0.25) is 4.79 Å². The number of alkyl halides is 1. The average molecular weight is 527 g/mol. The number of hydrogen-bond acceptors (Lipinski definition) is 7. The zero-order valence-electron chi connectivity index (χ0n) is 22.5. The third kappa shape index (κ3) is 5.76. The van der Waals surface area contributed by atoms with E-state index in [1.807, 2.05) is 39.0 Å². The molecule has 1 aromatic rings. The van der Waals surface area contributed by atoms with Crippen molar-refractivity contribution in [3.8, 4) is 6.07 Å². The van der Waals surface area contributed by atoms with Crippen LogP contribution >= 0.6 is 11.8 Å². The highest BCUT2D eigenvalue weighted by atomic mass is 32.2. The van der Waals surface area contributed by atoms with Gasteiger partial charge in [0, 0.05) is 42.7 Å². The van der Waals surface area contributed by atoms with E-state index >= 15 is 0 Å². The molecule has 3 atom stereocenters. The molecule has 0 aromatic heterocycles. The molecule has 3 aliphatic heterocycles. The summed E-state index contributed by atoms with van der Waals surface area (Å²) in [7, 11) is 1.78. The number of nitrogens with one attached hydrogen (secondary N) is 1. The van der Waals surface area contributed by atoms with Crippen LogP contribution in [0, 0.1) is 16.7 Å². The molecule has 7 nitrogen and oxygen atoms in total. The summed E-state index contributed by atoms with van der Waals surface area (Å²) in [5, 5.41) is 14.8. The van der Waals surface area contributed by atoms with E-state index in [0.29, 0.717) is 31.1 Å². The molecule has 2 fully saturated rings. The van der Waals surface area contributed by atoms with Gasteiger partial charge in [0.1, 0.15) is 11.7 Å². The van der Waals surface area contributed by atoms with Gasteiger partial charge in [-0.1, -0.05) is 39.0 Å². The van der Waals surface area contributed by atoms with Gasteiger partial charge < -0.3 is 25.8 Å². The first-order valence-corrected chi connectivity index (χ1v) is 13.5. The lowest BCUT2D eigenvalue weighted by molar-refractivity contribution is -0.149. The molecule has 9 heteroatoms. The number of halogens is 1. The molecule has 0 radical (unpaired) electrons. The van der Waals surface area contributed by atoms with Crippen molar-refractivity contribution in [3.63, 3.8) is 0 Å². The van der Waals surface area contributed by atoms with Crippen LogP contribution in [-0.4, -0.2) is 77.1 Å². The van der Waals surface area contributed by atoms with Crippen molar-refractivity contribution in [1.29, 1.82) is 10.7 Å². The molecule has 1 spiro atoms. The zero-order valence-corrected chi connectivity index (χ0v) is 23.3. The maximum absolute atomic E-state index is 13.5. The number of likely N-dealkylation sites (tertiary alicyclic amines) is 1. The predicted octanol–water partition coefficient (Wildman–Crippen LogP) is 4.59. The van der Waals surface area contributed by atoms with E-state index in [-0.39, 0.29) is 5.91 Å². The predicted molar refractivity (Wildman–Crippen MR) is 152 cm³/mol. The molecule has 3 N–H and O–H groups in total. The normalized spacial score (nSPS) is 25.7. The molecule has 0 saturated carbocycles. The Morgan fingerprint density at radius 1 is 1.38 bits per heavy atom. The molecule has 1 aromatic carbocycles. The number of thioether (sulfide) groups is 1. The van der Waals surface area contributed by atoms with Gasteiger partial charge in [0.05, 0.1) is 23.8 Å². The SMILES string of the molecule is C=N.CC.CC/C=C(\C=C/C(C)F)N1CC2(N)C(=O)N(C)CN3C=C(c4cccc(C#N)c4)SCC32C1. The topological polar surface area (TPSA) is 100 Å². The van der Waals surface area contributed by atoms with Crippen LogP contribution in [0.4, 0.5) is 4.39 Å². The molecule has 2 saturated heterocycles. The number of nitriles is 1. The lowest BCUT2D eigenvalue weighted by atomic mass is 9.77. The van der Waals surface area contributed by atoms with E-state index < -0.39 is 17.2 Å². The van der Waals surface area contributed by atoms with Crippen molar-refractivity contribution >= 4 is 29.3 Å². The standard InChI is InChI=1S/C25H30FN5OS.C2H6.CH3N/c1-4-6-21(10-9-18(2)26)30-14-24-16-33-22(20-8-5-7-19(11-20)12-27)13-31(24)17-29(3)23(32)25(24,28)15-30;2*1-2/h5-11,13,18H,4,14-17,28H2,1-3H3;1-2H3;2H,1H2/b10-9-,21-6+;;. The highest BCUT2D eigenvalue weighted by Gasteiger charge is 2.66. The Kier molecular flexibility index (Phi) is 10.5. The molecule has 3 heterocycles. The zero-order chi connectivity index (χ0) is 27.8. The van der Waals surface area contributed by atoms with Crippen LogP contribution in [0.15, 0.2) is 54.4 Å². The summed E-state index contributed by atoms with van der Waals surface area (Å²) in [5.41, 5.74) is 7.79. The fourth-order valence-electron chi connectivity index (χ4n) is 4.97. The smallest absolute Gasteiger partial charge is 0.248 e. The minimum atomic E-state index is -1.09. The second kappa shape index (κ2) is 12.9. The minimum absolute atomic E-state index is 0.0659.